The average molecular weight is 394 g/mol. The topological polar surface area (TPSA) is 7.12 Å². The highest BCUT2D eigenvalue weighted by atomic mass is 15.1. The van der Waals surface area contributed by atoms with E-state index in [1.165, 1.54) is 75.6 Å². The van der Waals surface area contributed by atoms with Crippen LogP contribution in [0.4, 0.5) is 0 Å². The summed E-state index contributed by atoms with van der Waals surface area (Å²) >= 11 is 0. The molecule has 0 aromatic carbocycles. The van der Waals surface area contributed by atoms with Crippen LogP contribution >= 0.6 is 0 Å². The summed E-state index contributed by atoms with van der Waals surface area (Å²) in [7, 11) is 0. The molecule has 2 rings (SSSR count). The van der Waals surface area contributed by atoms with Crippen LogP contribution in [-0.2, 0) is 6.54 Å². The van der Waals surface area contributed by atoms with E-state index in [1.807, 2.05) is 0 Å². The predicted octanol–water partition coefficient (Wildman–Crippen LogP) is 7.20. The molecule has 0 fully saturated rings. The molecule has 1 aliphatic rings. The second-order valence-electron chi connectivity index (χ2n) is 7.99. The quantitative estimate of drug-likeness (QED) is 0.239. The molecule has 0 N–H and O–H groups in total. The van der Waals surface area contributed by atoms with Gasteiger partial charge in [-0.1, -0.05) is 70.9 Å². The summed E-state index contributed by atoms with van der Waals surface area (Å²) in [6, 6.07) is 6.48. The third-order valence-electron chi connectivity index (χ3n) is 5.49. The van der Waals surface area contributed by atoms with Crippen molar-refractivity contribution in [3.63, 3.8) is 0 Å². The first kappa shape index (κ1) is 23.2. The van der Waals surface area contributed by atoms with Crippen LogP contribution in [0.25, 0.3) is 6.08 Å². The molecule has 2 nitrogen and oxygen atoms in total. The average Bonchev–Trinajstić information content (AvgIpc) is 2.75. The highest BCUT2D eigenvalue weighted by molar-refractivity contribution is 5.45. The third kappa shape index (κ3) is 9.30. The van der Waals surface area contributed by atoms with E-state index in [2.05, 4.69) is 90.4 Å². The van der Waals surface area contributed by atoms with E-state index < -0.39 is 0 Å². The molecule has 29 heavy (non-hydrogen) atoms. The Hall–Kier alpha value is -2.09. The zero-order chi connectivity index (χ0) is 20.6. The Labute approximate surface area is 179 Å². The lowest BCUT2D eigenvalue weighted by molar-refractivity contribution is -0.699. The fourth-order valence-electron chi connectivity index (χ4n) is 3.71. The van der Waals surface area contributed by atoms with Crippen LogP contribution in [0.3, 0.4) is 0 Å². The van der Waals surface area contributed by atoms with Crippen molar-refractivity contribution in [1.29, 1.82) is 0 Å². The Morgan fingerprint density at radius 3 is 2.41 bits per heavy atom. The van der Waals surface area contributed by atoms with E-state index in [0.29, 0.717) is 0 Å². The van der Waals surface area contributed by atoms with Gasteiger partial charge in [0.2, 0.25) is 5.69 Å². The molecule has 0 radical (unpaired) electrons. The first-order chi connectivity index (χ1) is 14.3. The maximum Gasteiger partial charge on any atom is 0.205 e. The number of nitrogens with zero attached hydrogens (tertiary/aromatic N) is 2. The van der Waals surface area contributed by atoms with Crippen molar-refractivity contribution in [1.82, 2.24) is 4.90 Å². The molecule has 1 aromatic rings. The third-order valence-corrected chi connectivity index (χ3v) is 5.49. The first-order valence-corrected chi connectivity index (χ1v) is 11.8. The van der Waals surface area contributed by atoms with Crippen LogP contribution in [0.5, 0.6) is 0 Å². The lowest BCUT2D eigenvalue weighted by Gasteiger charge is -2.23. The van der Waals surface area contributed by atoms with Gasteiger partial charge in [-0.15, -0.1) is 0 Å². The van der Waals surface area contributed by atoms with E-state index in [9.17, 15) is 0 Å². The van der Waals surface area contributed by atoms with E-state index in [1.54, 1.807) is 0 Å². The molecule has 0 saturated carbocycles. The molecule has 2 heterocycles. The van der Waals surface area contributed by atoms with E-state index >= 15 is 0 Å². The predicted molar refractivity (Wildman–Crippen MR) is 126 cm³/mol. The molecule has 1 aromatic heterocycles. The highest BCUT2D eigenvalue weighted by Gasteiger charge is 2.07. The number of unbranched alkanes of at least 4 members (excludes halogenated alkanes) is 8. The Morgan fingerprint density at radius 1 is 0.862 bits per heavy atom. The monoisotopic (exact) mass is 393 g/mol. The maximum atomic E-state index is 2.38. The molecule has 0 unspecified atom stereocenters. The molecule has 0 saturated heterocycles. The zero-order valence-corrected chi connectivity index (χ0v) is 18.7. The summed E-state index contributed by atoms with van der Waals surface area (Å²) in [5, 5.41) is 0. The highest BCUT2D eigenvalue weighted by Crippen LogP contribution is 2.15. The van der Waals surface area contributed by atoms with Gasteiger partial charge in [-0.25, -0.2) is 0 Å². The number of pyridine rings is 1. The number of rotatable bonds is 14. The van der Waals surface area contributed by atoms with E-state index in [4.69, 9.17) is 0 Å². The van der Waals surface area contributed by atoms with Gasteiger partial charge in [0.1, 0.15) is 6.54 Å². The van der Waals surface area contributed by atoms with Gasteiger partial charge in [0, 0.05) is 43.1 Å². The number of hydrogen-bond donors (Lipinski definition) is 0. The number of aryl methyl sites for hydroxylation is 1. The summed E-state index contributed by atoms with van der Waals surface area (Å²) in [6.45, 7) is 6.75. The van der Waals surface area contributed by atoms with Crippen molar-refractivity contribution in [2.75, 3.05) is 6.54 Å². The molecule has 0 atom stereocenters. The molecule has 0 amide bonds. The lowest BCUT2D eigenvalue weighted by Crippen LogP contribution is -2.36. The first-order valence-electron chi connectivity index (χ1n) is 11.8. The van der Waals surface area contributed by atoms with Crippen molar-refractivity contribution < 1.29 is 4.57 Å². The number of aromatic nitrogens is 1. The lowest BCUT2D eigenvalue weighted by atomic mass is 10.1. The fraction of sp³-hybridized carbons (Fsp3) is 0.519. The summed E-state index contributed by atoms with van der Waals surface area (Å²) in [5.41, 5.74) is 2.56. The van der Waals surface area contributed by atoms with Crippen molar-refractivity contribution in [2.45, 2.75) is 84.6 Å². The van der Waals surface area contributed by atoms with Gasteiger partial charge in [-0.3, -0.25) is 0 Å². The zero-order valence-electron chi connectivity index (χ0n) is 18.7. The van der Waals surface area contributed by atoms with Crippen LogP contribution in [0, 0.1) is 0 Å². The van der Waals surface area contributed by atoms with Crippen LogP contribution in [0.15, 0.2) is 66.7 Å². The molecule has 0 aliphatic carbocycles. The molecule has 2 heteroatoms. The molecule has 0 bridgehead atoms. The summed E-state index contributed by atoms with van der Waals surface area (Å²) < 4.78 is 2.38. The van der Waals surface area contributed by atoms with Gasteiger partial charge in [-0.05, 0) is 37.1 Å². The van der Waals surface area contributed by atoms with Crippen LogP contribution in [-0.4, -0.2) is 11.4 Å². The SMILES string of the molecule is CCCCCCCN1C=CC=CC1=CC=Cc1cccc[n+]1CCCCCCC. The van der Waals surface area contributed by atoms with E-state index in [-0.39, 0.29) is 0 Å². The van der Waals surface area contributed by atoms with Crippen molar-refractivity contribution >= 4 is 6.08 Å². The Balaban J connectivity index is 1.89. The summed E-state index contributed by atoms with van der Waals surface area (Å²) in [6.07, 6.45) is 30.8. The maximum absolute atomic E-state index is 2.38. The smallest absolute Gasteiger partial charge is 0.205 e. The second kappa shape index (κ2) is 14.8. The Morgan fingerprint density at radius 2 is 1.62 bits per heavy atom. The number of allylic oxidation sites excluding steroid dienone is 5. The van der Waals surface area contributed by atoms with Crippen LogP contribution < -0.4 is 4.57 Å². The van der Waals surface area contributed by atoms with Gasteiger partial charge in [0.05, 0.1) is 0 Å². The van der Waals surface area contributed by atoms with Crippen molar-refractivity contribution in [3.8, 4) is 0 Å². The second-order valence-corrected chi connectivity index (χ2v) is 7.99. The van der Waals surface area contributed by atoms with Crippen LogP contribution in [0.2, 0.25) is 0 Å². The molecule has 1 aliphatic heterocycles. The molecular weight excluding hydrogens is 352 g/mol. The van der Waals surface area contributed by atoms with Crippen LogP contribution in [0.1, 0.15) is 83.7 Å². The molecular formula is C27H41N2+. The standard InChI is InChI=1S/C27H41N2/c1-3-5-7-9-13-22-28-24-15-11-18-26(28)20-17-21-27-19-12-16-25-29(27)23-14-10-8-6-4-2/h11-12,15-21,24-25H,3-10,13-14,22-23H2,1-2H3/q+1. The number of hydrogen-bond acceptors (Lipinski definition) is 1. The Kier molecular flexibility index (Phi) is 11.9. The minimum absolute atomic E-state index is 1.10. The van der Waals surface area contributed by atoms with Gasteiger partial charge in [0.25, 0.3) is 0 Å². The minimum atomic E-state index is 1.10. The van der Waals surface area contributed by atoms with Gasteiger partial charge in [-0.2, -0.15) is 4.57 Å². The summed E-state index contributed by atoms with van der Waals surface area (Å²) in [4.78, 5) is 2.38. The minimum Gasteiger partial charge on any atom is -0.348 e. The van der Waals surface area contributed by atoms with Crippen molar-refractivity contribution in [2.24, 2.45) is 0 Å². The van der Waals surface area contributed by atoms with Gasteiger partial charge >= 0.3 is 0 Å². The van der Waals surface area contributed by atoms with Crippen molar-refractivity contribution in [3.05, 3.63) is 72.4 Å². The van der Waals surface area contributed by atoms with E-state index in [0.717, 1.165) is 13.1 Å². The molecule has 0 spiro atoms. The van der Waals surface area contributed by atoms with Gasteiger partial charge < -0.3 is 4.90 Å². The van der Waals surface area contributed by atoms with Gasteiger partial charge in [0.15, 0.2) is 6.20 Å². The fourth-order valence-corrected chi connectivity index (χ4v) is 3.71. The normalized spacial score (nSPS) is 15.1. The molecule has 158 valence electrons. The Bertz CT molecular complexity index is 682. The largest absolute Gasteiger partial charge is 0.348 e. The summed E-state index contributed by atoms with van der Waals surface area (Å²) in [5.74, 6) is 0.